The van der Waals surface area contributed by atoms with Crippen molar-refractivity contribution in [2.45, 2.75) is 10.8 Å². The van der Waals surface area contributed by atoms with E-state index in [-0.39, 0.29) is 19.1 Å². The summed E-state index contributed by atoms with van der Waals surface area (Å²) in [5, 5.41) is 15.2. The van der Waals surface area contributed by atoms with Crippen LogP contribution in [0.1, 0.15) is 22.6 Å². The molecular weight excluding hydrogens is 588 g/mol. The number of nitrogens with zero attached hydrogens (tertiary/aromatic N) is 2. The molecule has 0 unspecified atom stereocenters. The fourth-order valence-corrected chi connectivity index (χ4v) is 6.43. The highest BCUT2D eigenvalue weighted by atomic mass is 32.2. The number of rotatable bonds is 8. The third-order valence-corrected chi connectivity index (χ3v) is 8.68. The number of hydrogen-bond donors (Lipinski definition) is 0. The van der Waals surface area contributed by atoms with Gasteiger partial charge in [-0.3, -0.25) is 19.2 Å². The molecule has 2 heterocycles. The minimum atomic E-state index is -4.58. The maximum absolute atomic E-state index is 13.3. The monoisotopic (exact) mass is 612 g/mol. The number of hydrogen-bond acceptors (Lipinski definition) is 13. The Balaban J connectivity index is 1.51. The molecule has 0 N–H and O–H groups in total. The van der Waals surface area contributed by atoms with Crippen LogP contribution in [0.4, 0.5) is 5.69 Å². The summed E-state index contributed by atoms with van der Waals surface area (Å²) in [6, 6.07) is 11.2. The van der Waals surface area contributed by atoms with Crippen LogP contribution < -0.4 is 23.7 Å². The maximum atomic E-state index is 13.3. The number of methoxy groups -OCH3 is 3. The molecule has 1 aliphatic carbocycles. The van der Waals surface area contributed by atoms with Crippen molar-refractivity contribution in [3.05, 3.63) is 75.3 Å². The molecular formula is C28H24N2O12S. The molecule has 224 valence electrons. The summed E-state index contributed by atoms with van der Waals surface area (Å²) >= 11 is 0. The molecule has 3 aromatic rings. The van der Waals surface area contributed by atoms with Crippen molar-refractivity contribution in [1.29, 1.82) is 0 Å². The second-order valence-electron chi connectivity index (χ2n) is 9.75. The van der Waals surface area contributed by atoms with E-state index < -0.39 is 49.3 Å². The Morgan fingerprint density at radius 3 is 2.30 bits per heavy atom. The largest absolute Gasteiger partial charge is 0.493 e. The van der Waals surface area contributed by atoms with Gasteiger partial charge in [-0.1, -0.05) is 11.2 Å². The minimum absolute atomic E-state index is 0.0356. The van der Waals surface area contributed by atoms with Gasteiger partial charge in [-0.15, -0.1) is 0 Å². The topological polar surface area (TPSA) is 171 Å². The summed E-state index contributed by atoms with van der Waals surface area (Å²) in [5.41, 5.74) is 1.33. The summed E-state index contributed by atoms with van der Waals surface area (Å²) in [6.45, 7) is -0.135. The van der Waals surface area contributed by atoms with Gasteiger partial charge in [0.1, 0.15) is 11.5 Å². The lowest BCUT2D eigenvalue weighted by Crippen LogP contribution is -2.37. The zero-order valence-electron chi connectivity index (χ0n) is 23.0. The predicted octanol–water partition coefficient (Wildman–Crippen LogP) is 3.39. The highest BCUT2D eigenvalue weighted by Gasteiger charge is 2.52. The molecule has 43 heavy (non-hydrogen) atoms. The molecule has 1 saturated heterocycles. The van der Waals surface area contributed by atoms with Crippen molar-refractivity contribution < 1.29 is 50.8 Å². The third kappa shape index (κ3) is 4.70. The lowest BCUT2D eigenvalue weighted by Gasteiger charge is -2.34. The number of ether oxygens (including phenoxy) is 6. The Morgan fingerprint density at radius 1 is 0.953 bits per heavy atom. The first-order chi connectivity index (χ1) is 20.7. The van der Waals surface area contributed by atoms with Crippen LogP contribution in [0, 0.1) is 22.0 Å². The lowest BCUT2D eigenvalue weighted by atomic mass is 9.66. The first-order valence-electron chi connectivity index (χ1n) is 12.8. The number of benzene rings is 3. The second-order valence-corrected chi connectivity index (χ2v) is 11.3. The smallest absolute Gasteiger partial charge is 0.358 e. The number of carbonyl (C=O) groups is 1. The van der Waals surface area contributed by atoms with Crippen molar-refractivity contribution in [1.82, 2.24) is 0 Å². The number of nitro benzene ring substituents is 1. The molecule has 15 heteroatoms. The van der Waals surface area contributed by atoms with Gasteiger partial charge in [0, 0.05) is 23.6 Å². The van der Waals surface area contributed by atoms with Crippen LogP contribution in [-0.4, -0.2) is 59.8 Å². The van der Waals surface area contributed by atoms with E-state index in [1.165, 1.54) is 27.4 Å². The van der Waals surface area contributed by atoms with Crippen LogP contribution in [0.2, 0.25) is 0 Å². The first kappa shape index (κ1) is 28.1. The average molecular weight is 613 g/mol. The quantitative estimate of drug-likeness (QED) is 0.207. The lowest BCUT2D eigenvalue weighted by molar-refractivity contribution is -0.385. The van der Waals surface area contributed by atoms with Crippen molar-refractivity contribution in [2.75, 3.05) is 34.7 Å². The third-order valence-electron chi connectivity index (χ3n) is 7.57. The number of cyclic esters (lactones) is 1. The highest BCUT2D eigenvalue weighted by Crippen LogP contribution is 2.52. The van der Waals surface area contributed by atoms with Gasteiger partial charge < -0.3 is 28.4 Å². The molecule has 14 nitrogen and oxygen atoms in total. The van der Waals surface area contributed by atoms with Crippen molar-refractivity contribution in [3.63, 3.8) is 0 Å². The Hall–Kier alpha value is -5.05. The van der Waals surface area contributed by atoms with Crippen molar-refractivity contribution >= 4 is 27.5 Å². The normalized spacial score (nSPS) is 21.0. The number of fused-ring (bicyclic) bond motifs is 3. The van der Waals surface area contributed by atoms with Gasteiger partial charge in [0.05, 0.1) is 43.8 Å². The minimum Gasteiger partial charge on any atom is -0.493 e. The van der Waals surface area contributed by atoms with Gasteiger partial charge in [0.15, 0.2) is 23.0 Å². The summed E-state index contributed by atoms with van der Waals surface area (Å²) in [6.07, 6.45) is 0. The molecule has 0 amide bonds. The molecule has 6 rings (SSSR count). The average Bonchev–Trinajstić information content (AvgIpc) is 3.63. The van der Waals surface area contributed by atoms with Crippen LogP contribution >= 0.6 is 0 Å². The number of esters is 1. The van der Waals surface area contributed by atoms with Gasteiger partial charge in [-0.2, -0.15) is 8.42 Å². The number of carbonyl (C=O) groups excluding carboxylic acids is 1. The van der Waals surface area contributed by atoms with Crippen LogP contribution in [0.3, 0.4) is 0 Å². The number of nitro groups is 1. The molecule has 0 bridgehead atoms. The van der Waals surface area contributed by atoms with E-state index in [4.69, 9.17) is 32.7 Å². The SMILES string of the molecule is COc1cc([C@@H]2c3cc4c(cc3/C(=N/OS(=O)(=O)c3cccc([N+](=O)[O-])c3)[C@H]3COC(=O)[C@@H]23)OCO4)cc(OC)c1OC. The first-order valence-corrected chi connectivity index (χ1v) is 14.2. The fourth-order valence-electron chi connectivity index (χ4n) is 5.65. The van der Waals surface area contributed by atoms with Gasteiger partial charge in [-0.25, -0.2) is 0 Å². The van der Waals surface area contributed by atoms with Gasteiger partial charge in [0.25, 0.3) is 5.69 Å². The second kappa shape index (κ2) is 10.7. The zero-order chi connectivity index (χ0) is 30.5. The molecule has 3 aromatic carbocycles. The Morgan fingerprint density at radius 2 is 1.65 bits per heavy atom. The number of oxime groups is 1. The van der Waals surface area contributed by atoms with Crippen LogP contribution in [-0.2, 0) is 23.9 Å². The maximum Gasteiger partial charge on any atom is 0.358 e. The molecule has 0 saturated carbocycles. The van der Waals surface area contributed by atoms with Crippen LogP contribution in [0.25, 0.3) is 0 Å². The fraction of sp³-hybridized carbons (Fsp3) is 0.286. The predicted molar refractivity (Wildman–Crippen MR) is 146 cm³/mol. The molecule has 3 atom stereocenters. The Labute approximate surface area is 244 Å². The standard InChI is InChI=1S/C28H24N2O12S/c1-36-22-7-14(8-23(37-2)27(22)38-3)24-17-10-20-21(41-13-40-20)11-18(17)26(19-12-39-28(31)25(19)24)29-42-43(34,35)16-6-4-5-15(9-16)30(32)33/h4-11,19,24-25H,12-13H2,1-3H3/b29-26-/t19-,24+,25+/m0/s1. The Bertz CT molecular complexity index is 1760. The van der Waals surface area contributed by atoms with E-state index in [2.05, 4.69) is 5.16 Å². The highest BCUT2D eigenvalue weighted by molar-refractivity contribution is 7.86. The summed E-state index contributed by atoms with van der Waals surface area (Å²) < 4.78 is 64.5. The Kier molecular flexibility index (Phi) is 6.96. The molecule has 3 aliphatic rings. The molecule has 1 fully saturated rings. The van der Waals surface area contributed by atoms with Crippen LogP contribution in [0.15, 0.2) is 58.6 Å². The summed E-state index contributed by atoms with van der Waals surface area (Å²) in [7, 11) is -0.153. The van der Waals surface area contributed by atoms with E-state index in [0.717, 1.165) is 18.2 Å². The van der Waals surface area contributed by atoms with E-state index in [9.17, 15) is 23.3 Å². The van der Waals surface area contributed by atoms with Gasteiger partial charge in [-0.05, 0) is 41.5 Å². The van der Waals surface area contributed by atoms with E-state index in [1.807, 2.05) is 0 Å². The molecule has 2 aliphatic heterocycles. The molecule has 0 spiro atoms. The molecule has 0 aromatic heterocycles. The van der Waals surface area contributed by atoms with Crippen molar-refractivity contribution in [3.8, 4) is 28.7 Å². The number of non-ortho nitro benzene ring substituents is 1. The zero-order valence-corrected chi connectivity index (χ0v) is 23.8. The van der Waals surface area contributed by atoms with E-state index >= 15 is 0 Å². The molecule has 0 radical (unpaired) electrons. The van der Waals surface area contributed by atoms with E-state index in [1.54, 1.807) is 24.3 Å². The van der Waals surface area contributed by atoms with E-state index in [0.29, 0.717) is 45.4 Å². The summed E-state index contributed by atoms with van der Waals surface area (Å²) in [5.74, 6) is -0.829. The van der Waals surface area contributed by atoms with Crippen molar-refractivity contribution in [2.24, 2.45) is 17.0 Å². The van der Waals surface area contributed by atoms with Gasteiger partial charge >= 0.3 is 16.1 Å². The van der Waals surface area contributed by atoms with Gasteiger partial charge in [0.2, 0.25) is 12.5 Å². The summed E-state index contributed by atoms with van der Waals surface area (Å²) in [4.78, 5) is 23.3. The van der Waals surface area contributed by atoms with Crippen LogP contribution in [0.5, 0.6) is 28.7 Å².